The standard InChI is InChI=1S/C12H20N2O2S/c1-10(2)16-11(15)8-14-6-4-12(9-13,17-3)5-7-14/h10H,4-8H2,1-3H3. The molecule has 0 atom stereocenters. The zero-order chi connectivity index (χ0) is 12.9. The SMILES string of the molecule is CSC1(C#N)CCN(CC(=O)OC(C)C)CC1. The molecule has 0 aromatic heterocycles. The van der Waals surface area contributed by atoms with Gasteiger partial charge in [0.05, 0.1) is 18.7 Å². The van der Waals surface area contributed by atoms with Gasteiger partial charge in [-0.25, -0.2) is 0 Å². The van der Waals surface area contributed by atoms with Crippen molar-refractivity contribution in [3.63, 3.8) is 0 Å². The van der Waals surface area contributed by atoms with Gasteiger partial charge in [0.2, 0.25) is 0 Å². The highest BCUT2D eigenvalue weighted by Gasteiger charge is 2.34. The summed E-state index contributed by atoms with van der Waals surface area (Å²) in [5.41, 5.74) is 0. The molecule has 0 unspecified atom stereocenters. The highest BCUT2D eigenvalue weighted by molar-refractivity contribution is 8.00. The van der Waals surface area contributed by atoms with Crippen LogP contribution in [0.15, 0.2) is 0 Å². The highest BCUT2D eigenvalue weighted by atomic mass is 32.2. The second-order valence-electron chi connectivity index (χ2n) is 4.62. The molecule has 1 rings (SSSR count). The molecule has 0 aromatic carbocycles. The molecule has 0 aliphatic carbocycles. The zero-order valence-electron chi connectivity index (χ0n) is 10.7. The number of thioether (sulfide) groups is 1. The van der Waals surface area contributed by atoms with Gasteiger partial charge in [-0.05, 0) is 32.9 Å². The first kappa shape index (κ1) is 14.3. The molecule has 5 heteroatoms. The Morgan fingerprint density at radius 1 is 1.53 bits per heavy atom. The molecule has 0 spiro atoms. The van der Waals surface area contributed by atoms with E-state index in [9.17, 15) is 4.79 Å². The maximum Gasteiger partial charge on any atom is 0.320 e. The first-order chi connectivity index (χ1) is 8.01. The highest BCUT2D eigenvalue weighted by Crippen LogP contribution is 2.33. The maximum absolute atomic E-state index is 11.5. The molecular weight excluding hydrogens is 236 g/mol. The van der Waals surface area contributed by atoms with Crippen LogP contribution in [0.1, 0.15) is 26.7 Å². The molecule has 0 saturated carbocycles. The predicted molar refractivity (Wildman–Crippen MR) is 68.8 cm³/mol. The summed E-state index contributed by atoms with van der Waals surface area (Å²) < 4.78 is 4.86. The van der Waals surface area contributed by atoms with Gasteiger partial charge in [0, 0.05) is 13.1 Å². The lowest BCUT2D eigenvalue weighted by atomic mass is 9.97. The van der Waals surface area contributed by atoms with Crippen LogP contribution in [0.3, 0.4) is 0 Å². The summed E-state index contributed by atoms with van der Waals surface area (Å²) in [5, 5.41) is 9.15. The third kappa shape index (κ3) is 4.21. The topological polar surface area (TPSA) is 53.3 Å². The number of ether oxygens (including phenoxy) is 1. The largest absolute Gasteiger partial charge is 0.462 e. The number of nitrogens with zero attached hydrogens (tertiary/aromatic N) is 2. The molecule has 1 fully saturated rings. The Hall–Kier alpha value is -0.730. The summed E-state index contributed by atoms with van der Waals surface area (Å²) in [6, 6.07) is 2.39. The van der Waals surface area contributed by atoms with Crippen molar-refractivity contribution in [2.45, 2.75) is 37.5 Å². The normalized spacial score (nSPS) is 19.9. The second-order valence-corrected chi connectivity index (χ2v) is 5.81. The van der Waals surface area contributed by atoms with Crippen LogP contribution in [0.5, 0.6) is 0 Å². The summed E-state index contributed by atoms with van der Waals surface area (Å²) in [4.78, 5) is 13.6. The van der Waals surface area contributed by atoms with Crippen LogP contribution in [0, 0.1) is 11.3 Å². The Kier molecular flexibility index (Phi) is 5.29. The van der Waals surface area contributed by atoms with Crippen LogP contribution in [-0.4, -0.2) is 47.6 Å². The number of piperidine rings is 1. The molecule has 4 nitrogen and oxygen atoms in total. The van der Waals surface area contributed by atoms with Gasteiger partial charge in [-0.1, -0.05) is 0 Å². The Balaban J connectivity index is 2.38. The lowest BCUT2D eigenvalue weighted by Gasteiger charge is -2.35. The predicted octanol–water partition coefficient (Wildman–Crippen LogP) is 1.66. The van der Waals surface area contributed by atoms with Crippen LogP contribution < -0.4 is 0 Å². The van der Waals surface area contributed by atoms with Crippen molar-refractivity contribution in [3.05, 3.63) is 0 Å². The number of carbonyl (C=O) groups excluding carboxylic acids is 1. The molecule has 0 bridgehead atoms. The van der Waals surface area contributed by atoms with E-state index in [2.05, 4.69) is 11.0 Å². The molecule has 96 valence electrons. The molecular formula is C12H20N2O2S. The quantitative estimate of drug-likeness (QED) is 0.716. The van der Waals surface area contributed by atoms with E-state index >= 15 is 0 Å². The van der Waals surface area contributed by atoms with E-state index in [1.165, 1.54) is 0 Å². The van der Waals surface area contributed by atoms with Gasteiger partial charge < -0.3 is 4.74 Å². The van der Waals surface area contributed by atoms with Crippen LogP contribution in [0.4, 0.5) is 0 Å². The van der Waals surface area contributed by atoms with Crippen LogP contribution in [0.2, 0.25) is 0 Å². The van der Waals surface area contributed by atoms with Crippen molar-refractivity contribution in [3.8, 4) is 6.07 Å². The summed E-state index contributed by atoms with van der Waals surface area (Å²) in [6.07, 6.45) is 3.56. The first-order valence-electron chi connectivity index (χ1n) is 5.89. The summed E-state index contributed by atoms with van der Waals surface area (Å²) in [5.74, 6) is -0.173. The van der Waals surface area contributed by atoms with E-state index in [0.717, 1.165) is 25.9 Å². The van der Waals surface area contributed by atoms with E-state index in [1.807, 2.05) is 20.1 Å². The fourth-order valence-electron chi connectivity index (χ4n) is 1.92. The Morgan fingerprint density at radius 2 is 2.12 bits per heavy atom. The summed E-state index contributed by atoms with van der Waals surface area (Å²) >= 11 is 1.62. The third-order valence-electron chi connectivity index (χ3n) is 2.98. The van der Waals surface area contributed by atoms with Gasteiger partial charge in [0.15, 0.2) is 0 Å². The van der Waals surface area contributed by atoms with E-state index in [1.54, 1.807) is 11.8 Å². The molecule has 0 N–H and O–H groups in total. The lowest BCUT2D eigenvalue weighted by molar-refractivity contribution is -0.148. The summed E-state index contributed by atoms with van der Waals surface area (Å²) in [6.45, 7) is 5.63. The molecule has 1 saturated heterocycles. The first-order valence-corrected chi connectivity index (χ1v) is 7.12. The minimum Gasteiger partial charge on any atom is -0.462 e. The Bertz CT molecular complexity index is 304. The molecule has 1 aliphatic rings. The van der Waals surface area contributed by atoms with E-state index in [4.69, 9.17) is 10.00 Å². The minimum absolute atomic E-state index is 0.0586. The number of carbonyl (C=O) groups is 1. The number of hydrogen-bond acceptors (Lipinski definition) is 5. The fraction of sp³-hybridized carbons (Fsp3) is 0.833. The van der Waals surface area contributed by atoms with E-state index in [0.29, 0.717) is 6.54 Å². The van der Waals surface area contributed by atoms with Crippen molar-refractivity contribution in [2.75, 3.05) is 25.9 Å². The monoisotopic (exact) mass is 256 g/mol. The number of likely N-dealkylation sites (tertiary alicyclic amines) is 1. The smallest absolute Gasteiger partial charge is 0.320 e. The van der Waals surface area contributed by atoms with Crippen molar-refractivity contribution in [1.82, 2.24) is 4.90 Å². The Morgan fingerprint density at radius 3 is 2.53 bits per heavy atom. The van der Waals surface area contributed by atoms with Gasteiger partial charge in [-0.2, -0.15) is 5.26 Å². The maximum atomic E-state index is 11.5. The second kappa shape index (κ2) is 6.27. The fourth-order valence-corrected chi connectivity index (χ4v) is 2.60. The minimum atomic E-state index is -0.252. The van der Waals surface area contributed by atoms with Gasteiger partial charge in [0.1, 0.15) is 4.75 Å². The zero-order valence-corrected chi connectivity index (χ0v) is 11.5. The third-order valence-corrected chi connectivity index (χ3v) is 4.26. The molecule has 0 aromatic rings. The van der Waals surface area contributed by atoms with Gasteiger partial charge >= 0.3 is 5.97 Å². The molecule has 0 amide bonds. The van der Waals surface area contributed by atoms with Crippen LogP contribution >= 0.6 is 11.8 Å². The lowest BCUT2D eigenvalue weighted by Crippen LogP contribution is -2.44. The number of nitriles is 1. The molecule has 1 aliphatic heterocycles. The van der Waals surface area contributed by atoms with Gasteiger partial charge in [-0.3, -0.25) is 9.69 Å². The van der Waals surface area contributed by atoms with Crippen molar-refractivity contribution in [2.24, 2.45) is 0 Å². The molecule has 17 heavy (non-hydrogen) atoms. The average Bonchev–Trinajstić information content (AvgIpc) is 2.29. The number of rotatable bonds is 4. The van der Waals surface area contributed by atoms with E-state index < -0.39 is 0 Å². The van der Waals surface area contributed by atoms with Crippen LogP contribution in [0.25, 0.3) is 0 Å². The Labute approximate surface area is 107 Å². The van der Waals surface area contributed by atoms with Crippen molar-refractivity contribution < 1.29 is 9.53 Å². The van der Waals surface area contributed by atoms with E-state index in [-0.39, 0.29) is 16.8 Å². The molecule has 0 radical (unpaired) electrons. The summed E-state index contributed by atoms with van der Waals surface area (Å²) in [7, 11) is 0. The average molecular weight is 256 g/mol. The van der Waals surface area contributed by atoms with Crippen molar-refractivity contribution in [1.29, 1.82) is 5.26 Å². The van der Waals surface area contributed by atoms with Crippen molar-refractivity contribution >= 4 is 17.7 Å². The molecule has 1 heterocycles. The van der Waals surface area contributed by atoms with Gasteiger partial charge in [-0.15, -0.1) is 11.8 Å². The number of esters is 1. The van der Waals surface area contributed by atoms with Crippen LogP contribution in [-0.2, 0) is 9.53 Å². The number of hydrogen-bond donors (Lipinski definition) is 0. The van der Waals surface area contributed by atoms with Gasteiger partial charge in [0.25, 0.3) is 0 Å².